The van der Waals surface area contributed by atoms with Gasteiger partial charge in [-0.25, -0.2) is 10.2 Å². The van der Waals surface area contributed by atoms with Gasteiger partial charge in [-0.3, -0.25) is 10.2 Å². The predicted octanol–water partition coefficient (Wildman–Crippen LogP) is 6.31. The Balaban J connectivity index is 1.69. The average Bonchev–Trinajstić information content (AvgIpc) is 3.67. The summed E-state index contributed by atoms with van der Waals surface area (Å²) in [5.41, 5.74) is 6.16. The summed E-state index contributed by atoms with van der Waals surface area (Å²) in [6.07, 6.45) is 8.22. The highest BCUT2D eigenvalue weighted by atomic mass is 35.5. The normalized spacial score (nSPS) is 16.5. The fourth-order valence-electron chi connectivity index (χ4n) is 5.00. The van der Waals surface area contributed by atoms with Crippen molar-refractivity contribution in [1.29, 1.82) is 0 Å². The van der Waals surface area contributed by atoms with Crippen molar-refractivity contribution in [3.63, 3.8) is 0 Å². The monoisotopic (exact) mass is 498 g/mol. The van der Waals surface area contributed by atoms with Gasteiger partial charge in [0.2, 0.25) is 0 Å². The molecule has 1 aliphatic heterocycles. The minimum absolute atomic E-state index is 0.202. The van der Waals surface area contributed by atoms with Crippen molar-refractivity contribution in [3.05, 3.63) is 75.3 Å². The number of hydrogen-bond acceptors (Lipinski definition) is 4. The summed E-state index contributed by atoms with van der Waals surface area (Å²) in [6.45, 7) is 6.64. The van der Waals surface area contributed by atoms with Gasteiger partial charge in [-0.15, -0.1) is 0 Å². The number of likely N-dealkylation sites (tertiary alicyclic amines) is 1. The van der Waals surface area contributed by atoms with Crippen molar-refractivity contribution in [3.8, 4) is 0 Å². The Hall–Kier alpha value is -2.57. The lowest BCUT2D eigenvalue weighted by atomic mass is 9.93. The fraction of sp³-hybridized carbons (Fsp3) is 0.464. The van der Waals surface area contributed by atoms with E-state index in [4.69, 9.17) is 17.4 Å². The molecule has 5 nitrogen and oxygen atoms in total. The van der Waals surface area contributed by atoms with Crippen LogP contribution in [0.15, 0.2) is 47.8 Å². The second-order valence-corrected chi connectivity index (χ2v) is 10.2. The molecule has 2 aliphatic rings. The van der Waals surface area contributed by atoms with Crippen LogP contribution in [-0.2, 0) is 6.54 Å². The molecule has 1 heterocycles. The molecule has 1 saturated carbocycles. The first-order chi connectivity index (χ1) is 16.9. The van der Waals surface area contributed by atoms with E-state index >= 15 is 4.39 Å². The molecule has 1 amide bonds. The van der Waals surface area contributed by atoms with E-state index in [2.05, 4.69) is 28.2 Å². The zero-order valence-electron chi connectivity index (χ0n) is 20.7. The molecule has 0 radical (unpaired) electrons. The van der Waals surface area contributed by atoms with Crippen LogP contribution in [0.25, 0.3) is 0 Å². The standard InChI is InChI=1S/C28H36ClFN4O/c1-3-20-6-4-14-33(15-5-7-20)28(21-9-10-21)34(24-13-8-19(2)25(29)17-24)18-23-12-11-22(16-26(23)30)27(35)32-31/h8,11-13,16-17,20H,3-7,9-10,14-15,18,31H2,1-2H3,(H,32,35). The van der Waals surface area contributed by atoms with Gasteiger partial charge in [0.15, 0.2) is 0 Å². The van der Waals surface area contributed by atoms with Gasteiger partial charge in [-0.2, -0.15) is 0 Å². The smallest absolute Gasteiger partial charge is 0.265 e. The number of nitrogen functional groups attached to an aromatic ring is 1. The molecule has 2 fully saturated rings. The van der Waals surface area contributed by atoms with Crippen molar-refractivity contribution in [1.82, 2.24) is 10.3 Å². The largest absolute Gasteiger partial charge is 0.358 e. The number of carbonyl (C=O) groups excluding carboxylic acids is 1. The molecule has 0 unspecified atom stereocenters. The molecule has 0 spiro atoms. The number of halogens is 2. The SMILES string of the molecule is CCC1CCCN(C(=C2CC2)N(Cc2ccc(C(=O)NN)cc2F)c2ccc(C)c(Cl)c2)CCC1. The van der Waals surface area contributed by atoms with E-state index in [-0.39, 0.29) is 5.56 Å². The Labute approximate surface area is 213 Å². The van der Waals surface area contributed by atoms with Gasteiger partial charge in [0.05, 0.1) is 6.54 Å². The first-order valence-corrected chi connectivity index (χ1v) is 13.1. The van der Waals surface area contributed by atoms with Crippen molar-refractivity contribution in [2.24, 2.45) is 11.8 Å². The van der Waals surface area contributed by atoms with Crippen LogP contribution in [0.5, 0.6) is 0 Å². The summed E-state index contributed by atoms with van der Waals surface area (Å²) in [4.78, 5) is 16.6. The number of amides is 1. The van der Waals surface area contributed by atoms with Crippen LogP contribution in [0.4, 0.5) is 10.1 Å². The zero-order valence-corrected chi connectivity index (χ0v) is 21.5. The highest BCUT2D eigenvalue weighted by Crippen LogP contribution is 2.39. The fourth-order valence-corrected chi connectivity index (χ4v) is 5.17. The second-order valence-electron chi connectivity index (χ2n) is 9.77. The number of nitrogens with zero attached hydrogens (tertiary/aromatic N) is 2. The van der Waals surface area contributed by atoms with Gasteiger partial charge in [-0.05, 0) is 86.8 Å². The van der Waals surface area contributed by atoms with Crippen LogP contribution < -0.4 is 16.2 Å². The maximum Gasteiger partial charge on any atom is 0.265 e. The molecule has 188 valence electrons. The minimum Gasteiger partial charge on any atom is -0.358 e. The lowest BCUT2D eigenvalue weighted by molar-refractivity contribution is 0.0953. The van der Waals surface area contributed by atoms with Crippen molar-refractivity contribution in [2.45, 2.75) is 65.3 Å². The highest BCUT2D eigenvalue weighted by Gasteiger charge is 2.29. The maximum absolute atomic E-state index is 15.2. The Bertz CT molecular complexity index is 1090. The lowest BCUT2D eigenvalue weighted by Gasteiger charge is -2.38. The number of hydrogen-bond donors (Lipinski definition) is 2. The quantitative estimate of drug-likeness (QED) is 0.267. The Morgan fingerprint density at radius 2 is 1.89 bits per heavy atom. The number of hydrazine groups is 1. The van der Waals surface area contributed by atoms with E-state index < -0.39 is 11.7 Å². The van der Waals surface area contributed by atoms with E-state index in [1.54, 1.807) is 12.1 Å². The Kier molecular flexibility index (Phi) is 8.34. The average molecular weight is 499 g/mol. The van der Waals surface area contributed by atoms with Crippen LogP contribution in [0.2, 0.25) is 5.02 Å². The van der Waals surface area contributed by atoms with E-state index in [0.29, 0.717) is 17.1 Å². The second kappa shape index (κ2) is 11.4. The van der Waals surface area contributed by atoms with Gasteiger partial charge >= 0.3 is 0 Å². The first kappa shape index (κ1) is 25.5. The molecule has 4 rings (SSSR count). The predicted molar refractivity (Wildman–Crippen MR) is 141 cm³/mol. The van der Waals surface area contributed by atoms with E-state index in [1.807, 2.05) is 19.1 Å². The molecular formula is C28H36ClFN4O. The molecule has 0 aromatic heterocycles. The topological polar surface area (TPSA) is 61.6 Å². The van der Waals surface area contributed by atoms with Gasteiger partial charge in [-0.1, -0.05) is 37.1 Å². The maximum atomic E-state index is 15.2. The van der Waals surface area contributed by atoms with Crippen molar-refractivity contribution < 1.29 is 9.18 Å². The molecule has 7 heteroatoms. The Morgan fingerprint density at radius 1 is 1.17 bits per heavy atom. The van der Waals surface area contributed by atoms with Crippen molar-refractivity contribution >= 4 is 23.2 Å². The van der Waals surface area contributed by atoms with Crippen LogP contribution in [-0.4, -0.2) is 23.9 Å². The summed E-state index contributed by atoms with van der Waals surface area (Å²) in [5, 5.41) is 0.696. The first-order valence-electron chi connectivity index (χ1n) is 12.7. The highest BCUT2D eigenvalue weighted by molar-refractivity contribution is 6.31. The number of nitrogens with one attached hydrogen (secondary N) is 1. The van der Waals surface area contributed by atoms with Crippen LogP contribution >= 0.6 is 11.6 Å². The summed E-state index contributed by atoms with van der Waals surface area (Å²) >= 11 is 6.54. The number of benzene rings is 2. The van der Waals surface area contributed by atoms with Gasteiger partial charge in [0, 0.05) is 34.9 Å². The lowest BCUT2D eigenvalue weighted by Crippen LogP contribution is -2.38. The summed E-state index contributed by atoms with van der Waals surface area (Å²) in [7, 11) is 0. The molecule has 0 bridgehead atoms. The van der Waals surface area contributed by atoms with Crippen LogP contribution in [0, 0.1) is 18.7 Å². The Morgan fingerprint density at radius 3 is 2.46 bits per heavy atom. The third kappa shape index (κ3) is 6.17. The van der Waals surface area contributed by atoms with Gasteiger partial charge < -0.3 is 9.80 Å². The van der Waals surface area contributed by atoms with E-state index in [1.165, 1.54) is 36.7 Å². The number of carbonyl (C=O) groups is 1. The molecule has 35 heavy (non-hydrogen) atoms. The summed E-state index contributed by atoms with van der Waals surface area (Å²) < 4.78 is 15.2. The van der Waals surface area contributed by atoms with E-state index in [0.717, 1.165) is 55.9 Å². The third-order valence-electron chi connectivity index (χ3n) is 7.27. The number of aryl methyl sites for hydroxylation is 1. The molecular weight excluding hydrogens is 463 g/mol. The number of rotatable bonds is 7. The minimum atomic E-state index is -0.510. The molecule has 3 N–H and O–H groups in total. The van der Waals surface area contributed by atoms with Crippen LogP contribution in [0.3, 0.4) is 0 Å². The third-order valence-corrected chi connectivity index (χ3v) is 7.68. The molecule has 2 aromatic carbocycles. The number of anilines is 1. The molecule has 2 aromatic rings. The molecule has 1 saturated heterocycles. The van der Waals surface area contributed by atoms with Gasteiger partial charge in [0.25, 0.3) is 5.91 Å². The van der Waals surface area contributed by atoms with E-state index in [9.17, 15) is 4.79 Å². The number of nitrogens with two attached hydrogens (primary N) is 1. The number of allylic oxidation sites excluding steroid dienone is 1. The summed E-state index contributed by atoms with van der Waals surface area (Å²) in [6, 6.07) is 10.6. The van der Waals surface area contributed by atoms with Crippen LogP contribution in [0.1, 0.15) is 73.4 Å². The molecule has 1 aliphatic carbocycles. The van der Waals surface area contributed by atoms with Gasteiger partial charge in [0.1, 0.15) is 11.6 Å². The molecule has 0 atom stereocenters. The summed E-state index contributed by atoms with van der Waals surface area (Å²) in [5.74, 6) is 6.31. The van der Waals surface area contributed by atoms with Crippen molar-refractivity contribution in [2.75, 3.05) is 18.0 Å². The zero-order chi connectivity index (χ0) is 24.9.